The molecule has 0 aliphatic carbocycles. The molecule has 0 bridgehead atoms. The number of aliphatic hydroxyl groups is 1. The molecule has 96 valence electrons. The van der Waals surface area contributed by atoms with Gasteiger partial charge in [0.25, 0.3) is 0 Å². The molecule has 0 spiro atoms. The van der Waals surface area contributed by atoms with E-state index in [0.717, 1.165) is 19.9 Å². The fourth-order valence-electron chi connectivity index (χ4n) is 1.34. The van der Waals surface area contributed by atoms with Gasteiger partial charge >= 0.3 is 5.92 Å². The molecule has 17 heavy (non-hydrogen) atoms. The number of halogens is 2. The average molecular weight is 244 g/mol. The predicted octanol–water partition coefficient (Wildman–Crippen LogP) is 2.65. The highest BCUT2D eigenvalue weighted by Crippen LogP contribution is 2.38. The van der Waals surface area contributed by atoms with Crippen LogP contribution in [0, 0.1) is 0 Å². The van der Waals surface area contributed by atoms with Crippen molar-refractivity contribution in [3.63, 3.8) is 0 Å². The van der Waals surface area contributed by atoms with Crippen molar-refractivity contribution < 1.29 is 13.9 Å². The van der Waals surface area contributed by atoms with Crippen LogP contribution in [0.3, 0.4) is 0 Å². The SMILES string of the molecule is CC(C)c1cc(N)cc(C(F)(F)C(C)(C)O)n1. The molecule has 1 aromatic heterocycles. The van der Waals surface area contributed by atoms with E-state index in [1.807, 2.05) is 13.8 Å². The lowest BCUT2D eigenvalue weighted by Gasteiger charge is -2.29. The van der Waals surface area contributed by atoms with Crippen LogP contribution in [0.25, 0.3) is 0 Å². The largest absolute Gasteiger partial charge is 0.399 e. The van der Waals surface area contributed by atoms with Crippen LogP contribution in [-0.2, 0) is 5.92 Å². The van der Waals surface area contributed by atoms with Crippen molar-refractivity contribution in [2.24, 2.45) is 0 Å². The number of anilines is 1. The van der Waals surface area contributed by atoms with E-state index in [1.165, 1.54) is 0 Å². The molecule has 0 fully saturated rings. The Bertz CT molecular complexity index is 411. The topological polar surface area (TPSA) is 59.1 Å². The summed E-state index contributed by atoms with van der Waals surface area (Å²) in [6.45, 7) is 5.78. The Balaban J connectivity index is 3.32. The quantitative estimate of drug-likeness (QED) is 0.859. The number of nitrogens with zero attached hydrogens (tertiary/aromatic N) is 1. The van der Waals surface area contributed by atoms with Crippen LogP contribution in [0.15, 0.2) is 12.1 Å². The highest BCUT2D eigenvalue weighted by molar-refractivity contribution is 5.42. The Morgan fingerprint density at radius 2 is 1.82 bits per heavy atom. The number of pyridine rings is 1. The Labute approximate surface area is 99.7 Å². The van der Waals surface area contributed by atoms with Crippen molar-refractivity contribution in [2.75, 3.05) is 5.73 Å². The zero-order valence-electron chi connectivity index (χ0n) is 10.5. The minimum atomic E-state index is -3.44. The highest BCUT2D eigenvalue weighted by atomic mass is 19.3. The number of aromatic nitrogens is 1. The molecule has 0 saturated carbocycles. The number of nitrogen functional groups attached to an aromatic ring is 1. The van der Waals surface area contributed by atoms with Gasteiger partial charge < -0.3 is 10.8 Å². The maximum Gasteiger partial charge on any atom is 0.317 e. The van der Waals surface area contributed by atoms with Crippen LogP contribution < -0.4 is 5.73 Å². The number of rotatable bonds is 3. The van der Waals surface area contributed by atoms with Gasteiger partial charge in [0.15, 0.2) is 0 Å². The summed E-state index contributed by atoms with van der Waals surface area (Å²) in [6, 6.07) is 2.67. The molecule has 0 aliphatic heterocycles. The predicted molar refractivity (Wildman–Crippen MR) is 62.9 cm³/mol. The van der Waals surface area contributed by atoms with E-state index < -0.39 is 17.2 Å². The van der Waals surface area contributed by atoms with Gasteiger partial charge in [-0.2, -0.15) is 8.78 Å². The molecule has 1 rings (SSSR count). The molecule has 0 aliphatic rings. The number of hydrogen-bond acceptors (Lipinski definition) is 3. The molecule has 0 saturated heterocycles. The van der Waals surface area contributed by atoms with Crippen molar-refractivity contribution in [1.82, 2.24) is 4.98 Å². The third kappa shape index (κ3) is 2.72. The zero-order valence-corrected chi connectivity index (χ0v) is 10.5. The monoisotopic (exact) mass is 244 g/mol. The molecule has 3 nitrogen and oxygen atoms in total. The first kappa shape index (κ1) is 13.8. The summed E-state index contributed by atoms with van der Waals surface area (Å²) in [4.78, 5) is 3.88. The lowest BCUT2D eigenvalue weighted by Crippen LogP contribution is -2.41. The van der Waals surface area contributed by atoms with E-state index in [1.54, 1.807) is 6.07 Å². The molecule has 0 amide bonds. The molecule has 3 N–H and O–H groups in total. The Morgan fingerprint density at radius 3 is 2.24 bits per heavy atom. The summed E-state index contributed by atoms with van der Waals surface area (Å²) >= 11 is 0. The fraction of sp³-hybridized carbons (Fsp3) is 0.583. The fourth-order valence-corrected chi connectivity index (χ4v) is 1.34. The van der Waals surface area contributed by atoms with Gasteiger partial charge in [0.05, 0.1) is 0 Å². The van der Waals surface area contributed by atoms with Crippen LogP contribution in [0.2, 0.25) is 0 Å². The molecule has 1 heterocycles. The third-order valence-electron chi connectivity index (χ3n) is 2.55. The van der Waals surface area contributed by atoms with Crippen molar-refractivity contribution in [3.05, 3.63) is 23.5 Å². The van der Waals surface area contributed by atoms with E-state index in [9.17, 15) is 13.9 Å². The smallest absolute Gasteiger partial charge is 0.317 e. The van der Waals surface area contributed by atoms with Crippen molar-refractivity contribution in [2.45, 2.75) is 45.1 Å². The maximum atomic E-state index is 13.9. The first-order valence-electron chi connectivity index (χ1n) is 5.44. The minimum absolute atomic E-state index is 0.00476. The molecular weight excluding hydrogens is 226 g/mol. The molecule has 0 atom stereocenters. The third-order valence-corrected chi connectivity index (χ3v) is 2.55. The highest BCUT2D eigenvalue weighted by Gasteiger charge is 2.48. The second-order valence-corrected chi connectivity index (χ2v) is 5.00. The van der Waals surface area contributed by atoms with Gasteiger partial charge in [-0.15, -0.1) is 0 Å². The lowest BCUT2D eigenvalue weighted by molar-refractivity contribution is -0.171. The van der Waals surface area contributed by atoms with E-state index in [4.69, 9.17) is 5.73 Å². The maximum absolute atomic E-state index is 13.9. The van der Waals surface area contributed by atoms with Gasteiger partial charge in [-0.05, 0) is 31.9 Å². The van der Waals surface area contributed by atoms with Crippen LogP contribution in [0.5, 0.6) is 0 Å². The summed E-state index contributed by atoms with van der Waals surface area (Å²) in [5, 5.41) is 9.49. The summed E-state index contributed by atoms with van der Waals surface area (Å²) in [7, 11) is 0. The van der Waals surface area contributed by atoms with Crippen LogP contribution in [-0.4, -0.2) is 15.7 Å². The standard InChI is InChI=1S/C12H18F2N2O/c1-7(2)9-5-8(15)6-10(16-9)12(13,14)11(3,4)17/h5-7,17H,1-4H3,(H2,15,16). The first-order valence-corrected chi connectivity index (χ1v) is 5.44. The zero-order chi connectivity index (χ0) is 13.4. The average Bonchev–Trinajstić information content (AvgIpc) is 2.14. The molecule has 0 radical (unpaired) electrons. The Hall–Kier alpha value is -1.23. The van der Waals surface area contributed by atoms with E-state index in [0.29, 0.717) is 5.69 Å². The molecule has 0 unspecified atom stereocenters. The van der Waals surface area contributed by atoms with Crippen molar-refractivity contribution >= 4 is 5.69 Å². The lowest BCUT2D eigenvalue weighted by atomic mass is 9.96. The summed E-state index contributed by atoms with van der Waals surface area (Å²) in [5.41, 5.74) is 3.63. The minimum Gasteiger partial charge on any atom is -0.399 e. The number of alkyl halides is 2. The van der Waals surface area contributed by atoms with Crippen LogP contribution >= 0.6 is 0 Å². The number of nitrogens with two attached hydrogens (primary N) is 1. The normalized spacial score (nSPS) is 13.2. The summed E-state index contributed by atoms with van der Waals surface area (Å²) < 4.78 is 27.8. The van der Waals surface area contributed by atoms with Gasteiger partial charge in [0.1, 0.15) is 11.3 Å². The summed E-state index contributed by atoms with van der Waals surface area (Å²) in [6.07, 6.45) is 0. The van der Waals surface area contributed by atoms with Crippen LogP contribution in [0.1, 0.15) is 45.0 Å². The van der Waals surface area contributed by atoms with Gasteiger partial charge in [-0.3, -0.25) is 4.98 Å². The molecule has 0 aromatic carbocycles. The van der Waals surface area contributed by atoms with Gasteiger partial charge in [0.2, 0.25) is 0 Å². The van der Waals surface area contributed by atoms with E-state index >= 15 is 0 Å². The van der Waals surface area contributed by atoms with Crippen LogP contribution in [0.4, 0.5) is 14.5 Å². The second-order valence-electron chi connectivity index (χ2n) is 5.00. The van der Waals surface area contributed by atoms with E-state index in [-0.39, 0.29) is 11.6 Å². The van der Waals surface area contributed by atoms with Gasteiger partial charge in [-0.25, -0.2) is 0 Å². The number of hydrogen-bond donors (Lipinski definition) is 2. The van der Waals surface area contributed by atoms with Crippen molar-refractivity contribution in [3.8, 4) is 0 Å². The molecule has 5 heteroatoms. The Morgan fingerprint density at radius 1 is 1.29 bits per heavy atom. The van der Waals surface area contributed by atoms with Gasteiger partial charge in [-0.1, -0.05) is 13.8 Å². The molecular formula is C12H18F2N2O. The second kappa shape index (κ2) is 4.22. The van der Waals surface area contributed by atoms with Gasteiger partial charge in [0, 0.05) is 11.4 Å². The first-order chi connectivity index (χ1) is 7.55. The van der Waals surface area contributed by atoms with E-state index in [2.05, 4.69) is 4.98 Å². The van der Waals surface area contributed by atoms with Crippen molar-refractivity contribution in [1.29, 1.82) is 0 Å². The molecule has 1 aromatic rings. The Kier molecular flexibility index (Phi) is 3.43. The summed E-state index contributed by atoms with van der Waals surface area (Å²) in [5.74, 6) is -3.44.